The second-order valence-corrected chi connectivity index (χ2v) is 7.80. The maximum atomic E-state index is 12.2. The molecule has 1 fully saturated rings. The zero-order chi connectivity index (χ0) is 21.1. The van der Waals surface area contributed by atoms with Crippen molar-refractivity contribution in [2.45, 2.75) is 6.42 Å². The molecule has 156 valence electrons. The van der Waals surface area contributed by atoms with Gasteiger partial charge in [0.2, 0.25) is 0 Å². The molecule has 4 rings (SSSR count). The van der Waals surface area contributed by atoms with Crippen molar-refractivity contribution in [2.75, 3.05) is 55.0 Å². The average molecular weight is 426 g/mol. The third kappa shape index (κ3) is 4.14. The third-order valence-corrected chi connectivity index (χ3v) is 5.76. The second-order valence-electron chi connectivity index (χ2n) is 7.36. The number of ether oxygens (including phenoxy) is 1. The van der Waals surface area contributed by atoms with Crippen molar-refractivity contribution in [1.29, 1.82) is 0 Å². The van der Waals surface area contributed by atoms with Crippen molar-refractivity contribution in [2.24, 2.45) is 0 Å². The number of hydrogen-bond donors (Lipinski definition) is 1. The van der Waals surface area contributed by atoms with Gasteiger partial charge in [0.1, 0.15) is 17.1 Å². The first-order chi connectivity index (χ1) is 14.6. The molecule has 1 aliphatic heterocycles. The zero-order valence-electron chi connectivity index (χ0n) is 16.9. The first-order valence-corrected chi connectivity index (χ1v) is 10.4. The average Bonchev–Trinajstić information content (AvgIpc) is 2.79. The molecule has 1 saturated heterocycles. The first kappa shape index (κ1) is 20.3. The van der Waals surface area contributed by atoms with E-state index >= 15 is 0 Å². The van der Waals surface area contributed by atoms with Crippen LogP contribution in [0.2, 0.25) is 5.02 Å². The Kier molecular flexibility index (Phi) is 5.95. The Morgan fingerprint density at radius 1 is 0.967 bits per heavy atom. The van der Waals surface area contributed by atoms with Crippen molar-refractivity contribution < 1.29 is 4.74 Å². The summed E-state index contributed by atoms with van der Waals surface area (Å²) in [6, 6.07) is 15.6. The highest BCUT2D eigenvalue weighted by atomic mass is 35.5. The molecule has 1 N–H and O–H groups in total. The van der Waals surface area contributed by atoms with Gasteiger partial charge in [-0.2, -0.15) is 0 Å². The first-order valence-electron chi connectivity index (χ1n) is 10.0. The normalized spacial score (nSPS) is 14.2. The summed E-state index contributed by atoms with van der Waals surface area (Å²) in [6.45, 7) is 3.50. The molecular formula is C23H24ClN3O3. The van der Waals surface area contributed by atoms with Crippen LogP contribution in [0.4, 0.5) is 17.1 Å². The number of nitrogens with one attached hydrogen (secondary N) is 1. The summed E-state index contributed by atoms with van der Waals surface area (Å²) in [5.74, 6) is 0.813. The summed E-state index contributed by atoms with van der Waals surface area (Å²) in [4.78, 5) is 28.6. The summed E-state index contributed by atoms with van der Waals surface area (Å²) in [5.41, 5.74) is 2.38. The lowest BCUT2D eigenvalue weighted by atomic mass is 10.1. The van der Waals surface area contributed by atoms with Crippen molar-refractivity contribution in [3.05, 3.63) is 79.6 Å². The fourth-order valence-corrected chi connectivity index (χ4v) is 4.02. The van der Waals surface area contributed by atoms with Crippen molar-refractivity contribution in [3.8, 4) is 5.75 Å². The second kappa shape index (κ2) is 8.79. The lowest BCUT2D eigenvalue weighted by molar-refractivity contribution is 0.414. The molecule has 7 heteroatoms. The molecule has 1 aliphatic rings. The molecule has 0 bridgehead atoms. The number of hydrogen-bond acceptors (Lipinski definition) is 6. The molecule has 0 radical (unpaired) electrons. The molecule has 1 heterocycles. The number of halogens is 1. The monoisotopic (exact) mass is 425 g/mol. The van der Waals surface area contributed by atoms with Gasteiger partial charge in [0, 0.05) is 43.4 Å². The molecule has 0 atom stereocenters. The number of benzene rings is 2. The number of nitrogens with zero attached hydrogens (tertiary/aromatic N) is 2. The van der Waals surface area contributed by atoms with Gasteiger partial charge in [0.15, 0.2) is 0 Å². The molecule has 6 nitrogen and oxygen atoms in total. The van der Waals surface area contributed by atoms with Crippen LogP contribution in [0.15, 0.2) is 58.1 Å². The molecule has 0 spiro atoms. The van der Waals surface area contributed by atoms with Crippen LogP contribution in [-0.2, 0) is 6.42 Å². The molecule has 0 aromatic heterocycles. The van der Waals surface area contributed by atoms with Crippen LogP contribution in [0, 0.1) is 0 Å². The summed E-state index contributed by atoms with van der Waals surface area (Å²) < 4.78 is 5.17. The van der Waals surface area contributed by atoms with E-state index in [1.54, 1.807) is 7.11 Å². The van der Waals surface area contributed by atoms with Crippen molar-refractivity contribution in [1.82, 2.24) is 0 Å². The van der Waals surface area contributed by atoms with E-state index in [1.165, 1.54) is 0 Å². The van der Waals surface area contributed by atoms with Crippen LogP contribution >= 0.6 is 11.6 Å². The Labute approximate surface area is 180 Å². The quantitative estimate of drug-likeness (QED) is 0.587. The van der Waals surface area contributed by atoms with Gasteiger partial charge < -0.3 is 19.9 Å². The van der Waals surface area contributed by atoms with Gasteiger partial charge in [0.25, 0.3) is 10.9 Å². The number of rotatable bonds is 7. The van der Waals surface area contributed by atoms with E-state index in [4.69, 9.17) is 16.3 Å². The van der Waals surface area contributed by atoms with E-state index in [0.29, 0.717) is 36.0 Å². The lowest BCUT2D eigenvalue weighted by Crippen LogP contribution is -2.51. The minimum absolute atomic E-state index is 0.391. The summed E-state index contributed by atoms with van der Waals surface area (Å²) in [7, 11) is 1.64. The van der Waals surface area contributed by atoms with Gasteiger partial charge >= 0.3 is 0 Å². The predicted octanol–water partition coefficient (Wildman–Crippen LogP) is 2.93. The van der Waals surface area contributed by atoms with Crippen LogP contribution in [0.25, 0.3) is 0 Å². The summed E-state index contributed by atoms with van der Waals surface area (Å²) in [6.07, 6.45) is 0.755. The number of methoxy groups -OCH3 is 1. The molecular weight excluding hydrogens is 402 g/mol. The largest absolute Gasteiger partial charge is 0.497 e. The van der Waals surface area contributed by atoms with E-state index in [2.05, 4.69) is 10.2 Å². The number of piperazine rings is 1. The predicted molar refractivity (Wildman–Crippen MR) is 122 cm³/mol. The van der Waals surface area contributed by atoms with Crippen LogP contribution in [0.3, 0.4) is 0 Å². The van der Waals surface area contributed by atoms with Crippen molar-refractivity contribution in [3.63, 3.8) is 0 Å². The maximum absolute atomic E-state index is 12.2. The summed E-state index contributed by atoms with van der Waals surface area (Å²) >= 11 is 6.10. The maximum Gasteiger partial charge on any atom is 0.253 e. The highest BCUT2D eigenvalue weighted by Gasteiger charge is 2.28. The Balaban J connectivity index is 1.36. The van der Waals surface area contributed by atoms with Gasteiger partial charge in [-0.1, -0.05) is 29.8 Å². The molecule has 30 heavy (non-hydrogen) atoms. The van der Waals surface area contributed by atoms with E-state index < -0.39 is 10.9 Å². The van der Waals surface area contributed by atoms with E-state index in [1.807, 2.05) is 53.4 Å². The fraction of sp³-hybridized carbons (Fsp3) is 0.304. The Morgan fingerprint density at radius 2 is 1.67 bits per heavy atom. The van der Waals surface area contributed by atoms with Crippen LogP contribution in [0.5, 0.6) is 5.75 Å². The SMILES string of the molecule is COc1ccc(CCNc2c(N3CCN(c4cccc(Cl)c4)CC3)c(=O)c2=O)cc1. The van der Waals surface area contributed by atoms with Gasteiger partial charge in [-0.3, -0.25) is 9.59 Å². The van der Waals surface area contributed by atoms with Gasteiger partial charge in [-0.25, -0.2) is 0 Å². The molecule has 0 unspecified atom stereocenters. The highest BCUT2D eigenvalue weighted by Crippen LogP contribution is 2.25. The zero-order valence-corrected chi connectivity index (χ0v) is 17.6. The fourth-order valence-electron chi connectivity index (χ4n) is 3.83. The smallest absolute Gasteiger partial charge is 0.253 e. The lowest BCUT2D eigenvalue weighted by Gasteiger charge is -2.38. The molecule has 0 aliphatic carbocycles. The standard InChI is InChI=1S/C23H24ClN3O3/c1-30-19-7-5-16(6-8-19)9-10-25-20-21(23(29)22(20)28)27-13-11-26(12-14-27)18-4-2-3-17(24)15-18/h2-8,15,25H,9-14H2,1H3. The van der Waals surface area contributed by atoms with Crippen LogP contribution in [0.1, 0.15) is 5.56 Å². The van der Waals surface area contributed by atoms with Gasteiger partial charge in [-0.05, 0) is 42.3 Å². The van der Waals surface area contributed by atoms with Gasteiger partial charge in [0.05, 0.1) is 7.11 Å². The van der Waals surface area contributed by atoms with Crippen LogP contribution in [-0.4, -0.2) is 39.8 Å². The third-order valence-electron chi connectivity index (χ3n) is 5.53. The molecule has 3 aromatic carbocycles. The topological polar surface area (TPSA) is 61.9 Å². The van der Waals surface area contributed by atoms with E-state index in [0.717, 1.165) is 36.5 Å². The molecule has 0 saturated carbocycles. The Hall–Kier alpha value is -2.99. The minimum atomic E-state index is -0.419. The van der Waals surface area contributed by atoms with Crippen LogP contribution < -0.4 is 30.7 Å². The van der Waals surface area contributed by atoms with Gasteiger partial charge in [-0.15, -0.1) is 0 Å². The molecule has 0 amide bonds. The Bertz CT molecular complexity index is 1080. The van der Waals surface area contributed by atoms with E-state index in [-0.39, 0.29) is 0 Å². The molecule has 3 aromatic rings. The van der Waals surface area contributed by atoms with E-state index in [9.17, 15) is 9.59 Å². The number of anilines is 3. The minimum Gasteiger partial charge on any atom is -0.497 e. The highest BCUT2D eigenvalue weighted by molar-refractivity contribution is 6.30. The summed E-state index contributed by atoms with van der Waals surface area (Å²) in [5, 5.41) is 3.89. The van der Waals surface area contributed by atoms with Crippen molar-refractivity contribution >= 4 is 28.7 Å². The Morgan fingerprint density at radius 3 is 2.33 bits per heavy atom.